The highest BCUT2D eigenvalue weighted by Gasteiger charge is 2.29. The first-order chi connectivity index (χ1) is 6.38. The van der Waals surface area contributed by atoms with Gasteiger partial charge in [-0.3, -0.25) is 0 Å². The summed E-state index contributed by atoms with van der Waals surface area (Å²) < 4.78 is 39.7. The summed E-state index contributed by atoms with van der Waals surface area (Å²) in [6.07, 6.45) is -3.09. The number of aromatic nitrogens is 2. The second-order valence-electron chi connectivity index (χ2n) is 2.53. The van der Waals surface area contributed by atoms with E-state index in [-0.39, 0.29) is 11.2 Å². The maximum Gasteiger partial charge on any atom is 0.422 e. The number of halogens is 4. The third kappa shape index (κ3) is 3.37. The van der Waals surface area contributed by atoms with Crippen LogP contribution in [0, 0.1) is 6.92 Å². The minimum absolute atomic E-state index is 0.146. The van der Waals surface area contributed by atoms with Crippen molar-refractivity contribution in [2.75, 3.05) is 6.61 Å². The molecule has 7 heteroatoms. The van der Waals surface area contributed by atoms with E-state index in [1.807, 2.05) is 0 Å². The molecule has 78 valence electrons. The molecule has 0 radical (unpaired) electrons. The van der Waals surface area contributed by atoms with Crippen molar-refractivity contribution in [3.05, 3.63) is 17.0 Å². The third-order valence-corrected chi connectivity index (χ3v) is 1.45. The van der Waals surface area contributed by atoms with Gasteiger partial charge in [-0.15, -0.1) is 0 Å². The Balaban J connectivity index is 2.72. The fourth-order valence-electron chi connectivity index (χ4n) is 0.702. The van der Waals surface area contributed by atoms with Crippen LogP contribution >= 0.6 is 11.6 Å². The summed E-state index contributed by atoms with van der Waals surface area (Å²) in [4.78, 5) is 7.08. The summed E-state index contributed by atoms with van der Waals surface area (Å²) in [6.45, 7) is 0.142. The van der Waals surface area contributed by atoms with Gasteiger partial charge in [0.1, 0.15) is 0 Å². The van der Waals surface area contributed by atoms with Gasteiger partial charge in [-0.05, 0) is 18.5 Å². The van der Waals surface area contributed by atoms with E-state index in [2.05, 4.69) is 14.7 Å². The van der Waals surface area contributed by atoms with E-state index in [1.165, 1.54) is 13.1 Å². The van der Waals surface area contributed by atoms with Gasteiger partial charge in [-0.25, -0.2) is 4.98 Å². The minimum Gasteiger partial charge on any atom is -0.468 e. The Bertz CT molecular complexity index is 329. The van der Waals surface area contributed by atoms with Crippen LogP contribution in [0.15, 0.2) is 6.20 Å². The number of hydrogen-bond acceptors (Lipinski definition) is 3. The molecular formula is C7H6ClF3N2O. The van der Waals surface area contributed by atoms with Crippen LogP contribution in [0.4, 0.5) is 13.2 Å². The molecule has 1 heterocycles. The van der Waals surface area contributed by atoms with E-state index >= 15 is 0 Å². The number of nitrogens with zero attached hydrogens (tertiary/aromatic N) is 2. The molecule has 0 saturated carbocycles. The minimum atomic E-state index is -4.39. The lowest BCUT2D eigenvalue weighted by Gasteiger charge is -2.09. The van der Waals surface area contributed by atoms with Gasteiger partial charge in [0.2, 0.25) is 11.2 Å². The van der Waals surface area contributed by atoms with E-state index in [9.17, 15) is 13.2 Å². The summed E-state index contributed by atoms with van der Waals surface area (Å²) in [6, 6.07) is 0. The molecule has 0 spiro atoms. The summed E-state index contributed by atoms with van der Waals surface area (Å²) in [5.41, 5.74) is 0.402. The quantitative estimate of drug-likeness (QED) is 0.727. The van der Waals surface area contributed by atoms with Crippen molar-refractivity contribution in [2.24, 2.45) is 0 Å². The third-order valence-electron chi connectivity index (χ3n) is 1.27. The Morgan fingerprint density at radius 2 is 2.14 bits per heavy atom. The first-order valence-electron chi connectivity index (χ1n) is 3.57. The van der Waals surface area contributed by atoms with Crippen LogP contribution in [0.5, 0.6) is 5.88 Å². The van der Waals surface area contributed by atoms with Gasteiger partial charge in [0.15, 0.2) is 6.61 Å². The highest BCUT2D eigenvalue weighted by Crippen LogP contribution is 2.20. The van der Waals surface area contributed by atoms with Crippen molar-refractivity contribution in [3.63, 3.8) is 0 Å². The van der Waals surface area contributed by atoms with Crippen LogP contribution in [0.3, 0.4) is 0 Å². The molecule has 0 bridgehead atoms. The molecule has 1 aromatic heterocycles. The van der Waals surface area contributed by atoms with Gasteiger partial charge < -0.3 is 4.74 Å². The zero-order valence-corrected chi connectivity index (χ0v) is 7.85. The molecule has 1 rings (SSSR count). The summed E-state index contributed by atoms with van der Waals surface area (Å²) in [7, 11) is 0. The zero-order valence-electron chi connectivity index (χ0n) is 7.10. The fourth-order valence-corrected chi connectivity index (χ4v) is 0.828. The van der Waals surface area contributed by atoms with Gasteiger partial charge in [0, 0.05) is 11.8 Å². The van der Waals surface area contributed by atoms with Gasteiger partial charge in [-0.2, -0.15) is 18.2 Å². The largest absolute Gasteiger partial charge is 0.468 e. The molecule has 0 atom stereocenters. The van der Waals surface area contributed by atoms with Crippen LogP contribution in [0.25, 0.3) is 0 Å². The Morgan fingerprint density at radius 1 is 1.50 bits per heavy atom. The molecule has 14 heavy (non-hydrogen) atoms. The predicted octanol–water partition coefficient (Wildman–Crippen LogP) is 2.38. The maximum absolute atomic E-state index is 11.8. The molecule has 0 unspecified atom stereocenters. The van der Waals surface area contributed by atoms with Crippen molar-refractivity contribution < 1.29 is 17.9 Å². The van der Waals surface area contributed by atoms with Gasteiger partial charge in [-0.1, -0.05) is 0 Å². The molecule has 0 aromatic carbocycles. The van der Waals surface area contributed by atoms with Gasteiger partial charge in [0.05, 0.1) is 0 Å². The fraction of sp³-hybridized carbons (Fsp3) is 0.429. The van der Waals surface area contributed by atoms with E-state index in [0.717, 1.165) is 0 Å². The number of hydrogen-bond donors (Lipinski definition) is 0. The SMILES string of the molecule is Cc1cnc(Cl)nc1OCC(F)(F)F. The maximum atomic E-state index is 11.8. The molecular weight excluding hydrogens is 221 g/mol. The van der Waals surface area contributed by atoms with Crippen molar-refractivity contribution in [1.82, 2.24) is 9.97 Å². The topological polar surface area (TPSA) is 35.0 Å². The van der Waals surface area contributed by atoms with Gasteiger partial charge >= 0.3 is 6.18 Å². The van der Waals surface area contributed by atoms with E-state index in [4.69, 9.17) is 11.6 Å². The number of ether oxygens (including phenoxy) is 1. The molecule has 0 N–H and O–H groups in total. The van der Waals surface area contributed by atoms with Gasteiger partial charge in [0.25, 0.3) is 0 Å². The van der Waals surface area contributed by atoms with E-state index in [0.29, 0.717) is 5.56 Å². The standard InChI is InChI=1S/C7H6ClF3N2O/c1-4-2-12-6(8)13-5(4)14-3-7(9,10)11/h2H,3H2,1H3. The normalized spacial score (nSPS) is 11.5. The van der Waals surface area contributed by atoms with Crippen molar-refractivity contribution in [3.8, 4) is 5.88 Å². The number of rotatable bonds is 2. The Kier molecular flexibility index (Phi) is 3.15. The average molecular weight is 227 g/mol. The lowest BCUT2D eigenvalue weighted by Crippen LogP contribution is -2.20. The average Bonchev–Trinajstić information content (AvgIpc) is 2.05. The smallest absolute Gasteiger partial charge is 0.422 e. The van der Waals surface area contributed by atoms with Crippen LogP contribution in [-0.2, 0) is 0 Å². The Hall–Kier alpha value is -1.04. The monoisotopic (exact) mass is 226 g/mol. The molecule has 0 aliphatic rings. The Labute approximate surface area is 82.9 Å². The molecule has 1 aromatic rings. The highest BCUT2D eigenvalue weighted by molar-refractivity contribution is 6.28. The van der Waals surface area contributed by atoms with Crippen LogP contribution < -0.4 is 4.74 Å². The van der Waals surface area contributed by atoms with Crippen molar-refractivity contribution in [2.45, 2.75) is 13.1 Å². The van der Waals surface area contributed by atoms with Crippen LogP contribution in [0.1, 0.15) is 5.56 Å². The summed E-state index contributed by atoms with van der Waals surface area (Å²) >= 11 is 5.38. The number of alkyl halides is 3. The molecule has 0 fully saturated rings. The first kappa shape index (κ1) is 11.0. The first-order valence-corrected chi connectivity index (χ1v) is 3.95. The second kappa shape index (κ2) is 4.00. The Morgan fingerprint density at radius 3 is 2.71 bits per heavy atom. The molecule has 0 amide bonds. The summed E-state index contributed by atoms with van der Waals surface area (Å²) in [5, 5.41) is -0.146. The molecule has 0 aliphatic heterocycles. The molecule has 0 aliphatic carbocycles. The lowest BCUT2D eigenvalue weighted by atomic mass is 10.4. The summed E-state index contributed by atoms with van der Waals surface area (Å²) in [5.74, 6) is -0.151. The lowest BCUT2D eigenvalue weighted by molar-refractivity contribution is -0.154. The second-order valence-corrected chi connectivity index (χ2v) is 2.87. The van der Waals surface area contributed by atoms with E-state index < -0.39 is 12.8 Å². The number of aryl methyl sites for hydroxylation is 1. The van der Waals surface area contributed by atoms with Crippen molar-refractivity contribution in [1.29, 1.82) is 0 Å². The molecule has 3 nitrogen and oxygen atoms in total. The van der Waals surface area contributed by atoms with E-state index in [1.54, 1.807) is 0 Å². The van der Waals surface area contributed by atoms with Crippen molar-refractivity contribution >= 4 is 11.6 Å². The predicted molar refractivity (Wildman–Crippen MR) is 43.3 cm³/mol. The van der Waals surface area contributed by atoms with Crippen LogP contribution in [0.2, 0.25) is 5.28 Å². The zero-order chi connectivity index (χ0) is 10.8. The molecule has 0 saturated heterocycles. The van der Waals surface area contributed by atoms with Crippen LogP contribution in [-0.4, -0.2) is 22.8 Å². The highest BCUT2D eigenvalue weighted by atomic mass is 35.5.